The number of carbonyl (C=O) groups excluding carboxylic acids is 2. The zero-order chi connectivity index (χ0) is 20.4. The lowest BCUT2D eigenvalue weighted by atomic mass is 10.1. The summed E-state index contributed by atoms with van der Waals surface area (Å²) in [5, 5.41) is 3.28. The molecule has 2 aromatic carbocycles. The lowest BCUT2D eigenvalue weighted by molar-refractivity contribution is -0.117. The molecule has 0 aliphatic carbocycles. The first-order valence-corrected chi connectivity index (χ1v) is 10.0. The molecule has 0 unspecified atom stereocenters. The monoisotopic (exact) mass is 413 g/mol. The summed E-state index contributed by atoms with van der Waals surface area (Å²) in [6.45, 7) is 3.33. The van der Waals surface area contributed by atoms with Crippen LogP contribution in [-0.2, 0) is 4.79 Å². The molecule has 0 saturated carbocycles. The van der Waals surface area contributed by atoms with Crippen LogP contribution in [-0.4, -0.2) is 54.4 Å². The molecule has 3 N–H and O–H groups in total. The van der Waals surface area contributed by atoms with E-state index < -0.39 is 5.91 Å². The minimum absolute atomic E-state index is 0.135. The summed E-state index contributed by atoms with van der Waals surface area (Å²) >= 11 is 1.26. The molecule has 29 heavy (non-hydrogen) atoms. The summed E-state index contributed by atoms with van der Waals surface area (Å²) in [5.41, 5.74) is 7.46. The minimum atomic E-state index is -0.439. The predicted octanol–water partition coefficient (Wildman–Crippen LogP) is 2.29. The van der Waals surface area contributed by atoms with Crippen LogP contribution in [0.5, 0.6) is 0 Å². The number of hydrogen-bond acceptors (Lipinski definition) is 6. The molecule has 2 amide bonds. The predicted molar refractivity (Wildman–Crippen MR) is 112 cm³/mol. The number of nitrogens with zero attached hydrogens (tertiary/aromatic N) is 3. The van der Waals surface area contributed by atoms with Crippen LogP contribution in [0.25, 0.3) is 10.2 Å². The number of fused-ring (bicyclic) bond motifs is 1. The third kappa shape index (κ3) is 4.52. The van der Waals surface area contributed by atoms with Gasteiger partial charge in [-0.15, -0.1) is 0 Å². The lowest BCUT2D eigenvalue weighted by Gasteiger charge is -2.35. The first-order chi connectivity index (χ1) is 14.0. The number of rotatable bonds is 5. The molecule has 9 heteroatoms. The maximum absolute atomic E-state index is 13.3. The molecule has 1 aliphatic rings. The van der Waals surface area contributed by atoms with Gasteiger partial charge in [-0.2, -0.15) is 0 Å². The Morgan fingerprint density at radius 3 is 2.52 bits per heavy atom. The van der Waals surface area contributed by atoms with Gasteiger partial charge >= 0.3 is 0 Å². The molecular formula is C20H20FN5O2S. The molecule has 1 fully saturated rings. The Morgan fingerprint density at radius 1 is 1.10 bits per heavy atom. The topological polar surface area (TPSA) is 91.6 Å². The number of amides is 2. The average molecular weight is 413 g/mol. The first kappa shape index (κ1) is 19.3. The van der Waals surface area contributed by atoms with Crippen LogP contribution >= 0.6 is 11.3 Å². The van der Waals surface area contributed by atoms with Gasteiger partial charge in [-0.25, -0.2) is 9.37 Å². The van der Waals surface area contributed by atoms with E-state index in [0.29, 0.717) is 20.9 Å². The third-order valence-corrected chi connectivity index (χ3v) is 5.79. The summed E-state index contributed by atoms with van der Waals surface area (Å²) in [5.74, 6) is -0.893. The number of carbonyl (C=O) groups is 2. The molecule has 1 aliphatic heterocycles. The van der Waals surface area contributed by atoms with Gasteiger partial charge < -0.3 is 16.0 Å². The Labute approximate surface area is 170 Å². The number of hydrogen-bond donors (Lipinski definition) is 2. The smallest absolute Gasteiger partial charge is 0.248 e. The maximum atomic E-state index is 13.3. The van der Waals surface area contributed by atoms with Crippen LogP contribution in [0.1, 0.15) is 10.4 Å². The van der Waals surface area contributed by atoms with Crippen LogP contribution in [0, 0.1) is 5.82 Å². The molecule has 0 bridgehead atoms. The number of nitrogens with one attached hydrogen (secondary N) is 1. The maximum Gasteiger partial charge on any atom is 0.248 e. The van der Waals surface area contributed by atoms with Crippen molar-refractivity contribution in [3.8, 4) is 0 Å². The van der Waals surface area contributed by atoms with E-state index in [4.69, 9.17) is 5.73 Å². The van der Waals surface area contributed by atoms with Gasteiger partial charge in [0.1, 0.15) is 5.82 Å². The highest BCUT2D eigenvalue weighted by atomic mass is 32.1. The van der Waals surface area contributed by atoms with Crippen LogP contribution in [0.3, 0.4) is 0 Å². The van der Waals surface area contributed by atoms with Crippen molar-refractivity contribution in [1.29, 1.82) is 0 Å². The molecule has 4 rings (SSSR count). The summed E-state index contributed by atoms with van der Waals surface area (Å²) in [7, 11) is 0. The van der Waals surface area contributed by atoms with Gasteiger partial charge in [-0.3, -0.25) is 14.5 Å². The number of anilines is 2. The van der Waals surface area contributed by atoms with E-state index in [1.807, 2.05) is 12.1 Å². The zero-order valence-corrected chi connectivity index (χ0v) is 16.4. The Kier molecular flexibility index (Phi) is 5.41. The van der Waals surface area contributed by atoms with E-state index in [9.17, 15) is 14.0 Å². The average Bonchev–Trinajstić information content (AvgIpc) is 3.09. The molecule has 1 aromatic heterocycles. The van der Waals surface area contributed by atoms with E-state index in [1.165, 1.54) is 23.5 Å². The van der Waals surface area contributed by atoms with Crippen molar-refractivity contribution >= 4 is 44.2 Å². The summed E-state index contributed by atoms with van der Waals surface area (Å²) in [4.78, 5) is 32.1. The highest BCUT2D eigenvalue weighted by molar-refractivity contribution is 7.22. The molecule has 1 saturated heterocycles. The van der Waals surface area contributed by atoms with Gasteiger partial charge in [0.05, 0.1) is 16.8 Å². The summed E-state index contributed by atoms with van der Waals surface area (Å²) < 4.78 is 14.0. The van der Waals surface area contributed by atoms with E-state index in [1.54, 1.807) is 18.2 Å². The fourth-order valence-electron chi connectivity index (χ4n) is 3.31. The van der Waals surface area contributed by atoms with Crippen molar-refractivity contribution < 1.29 is 14.0 Å². The van der Waals surface area contributed by atoms with Crippen LogP contribution in [0.4, 0.5) is 15.2 Å². The Balaban J connectivity index is 1.29. The number of aromatic nitrogens is 1. The van der Waals surface area contributed by atoms with Crippen LogP contribution in [0.2, 0.25) is 0 Å². The fourth-order valence-corrected chi connectivity index (χ4v) is 4.22. The SMILES string of the molecule is NC(=O)c1ccc(N2CCN(CC(=O)Nc3nc4ccc(F)cc4s3)CC2)cc1. The fraction of sp³-hybridized carbons (Fsp3) is 0.250. The Bertz CT molecular complexity index is 1040. The Morgan fingerprint density at radius 2 is 1.83 bits per heavy atom. The first-order valence-electron chi connectivity index (χ1n) is 9.21. The van der Waals surface area contributed by atoms with Gasteiger partial charge in [0, 0.05) is 37.4 Å². The van der Waals surface area contributed by atoms with E-state index in [-0.39, 0.29) is 18.3 Å². The lowest BCUT2D eigenvalue weighted by Crippen LogP contribution is -2.48. The van der Waals surface area contributed by atoms with Crippen molar-refractivity contribution in [2.75, 3.05) is 42.9 Å². The van der Waals surface area contributed by atoms with E-state index in [0.717, 1.165) is 31.9 Å². The van der Waals surface area contributed by atoms with Gasteiger partial charge in [-0.1, -0.05) is 11.3 Å². The van der Waals surface area contributed by atoms with E-state index in [2.05, 4.69) is 20.1 Å². The quantitative estimate of drug-likeness (QED) is 0.670. The number of thiazole rings is 1. The molecule has 0 radical (unpaired) electrons. The number of halogens is 1. The molecule has 2 heterocycles. The third-order valence-electron chi connectivity index (χ3n) is 4.85. The van der Waals surface area contributed by atoms with Crippen molar-refractivity contribution in [2.24, 2.45) is 5.73 Å². The summed E-state index contributed by atoms with van der Waals surface area (Å²) in [6, 6.07) is 11.6. The molecule has 0 atom stereocenters. The van der Waals surface area contributed by atoms with Gasteiger partial charge in [-0.05, 0) is 42.5 Å². The van der Waals surface area contributed by atoms with Crippen molar-refractivity contribution in [1.82, 2.24) is 9.88 Å². The number of nitrogens with two attached hydrogens (primary N) is 1. The molecule has 7 nitrogen and oxygen atoms in total. The second-order valence-electron chi connectivity index (χ2n) is 6.85. The molecule has 0 spiro atoms. The largest absolute Gasteiger partial charge is 0.369 e. The second-order valence-corrected chi connectivity index (χ2v) is 7.88. The number of primary amides is 1. The molecule has 150 valence electrons. The Hall–Kier alpha value is -3.04. The zero-order valence-electron chi connectivity index (χ0n) is 15.6. The van der Waals surface area contributed by atoms with Crippen molar-refractivity contribution in [3.05, 3.63) is 53.8 Å². The number of benzene rings is 2. The highest BCUT2D eigenvalue weighted by Crippen LogP contribution is 2.26. The van der Waals surface area contributed by atoms with E-state index >= 15 is 0 Å². The van der Waals surface area contributed by atoms with Crippen LogP contribution < -0.4 is 16.0 Å². The molecule has 3 aromatic rings. The minimum Gasteiger partial charge on any atom is -0.369 e. The van der Waals surface area contributed by atoms with Gasteiger partial charge in [0.2, 0.25) is 11.8 Å². The normalized spacial score (nSPS) is 14.9. The van der Waals surface area contributed by atoms with Crippen molar-refractivity contribution in [2.45, 2.75) is 0 Å². The van der Waals surface area contributed by atoms with Gasteiger partial charge in [0.25, 0.3) is 0 Å². The van der Waals surface area contributed by atoms with Crippen LogP contribution in [0.15, 0.2) is 42.5 Å². The van der Waals surface area contributed by atoms with Crippen molar-refractivity contribution in [3.63, 3.8) is 0 Å². The summed E-state index contributed by atoms with van der Waals surface area (Å²) in [6.07, 6.45) is 0. The standard InChI is InChI=1S/C20H20FN5O2S/c21-14-3-6-16-17(11-14)29-20(23-16)24-18(27)12-25-7-9-26(10-8-25)15-4-1-13(2-5-15)19(22)28/h1-6,11H,7-10,12H2,(H2,22,28)(H,23,24,27). The second kappa shape index (κ2) is 8.14. The number of piperazine rings is 1. The van der Waals surface area contributed by atoms with Gasteiger partial charge in [0.15, 0.2) is 5.13 Å². The highest BCUT2D eigenvalue weighted by Gasteiger charge is 2.20. The molecular weight excluding hydrogens is 393 g/mol.